The SMILES string of the molecule is CC.COc1ccc(CN(CC(C)(C)C(C)CC2CN(C(=O)OC(C)(C)C)CCO2)c2ccc(C#N)cc2)cc1F. The third kappa shape index (κ3) is 10.2. The molecule has 1 saturated heterocycles. The fourth-order valence-corrected chi connectivity index (χ4v) is 4.73. The number of benzene rings is 2. The van der Waals surface area contributed by atoms with Gasteiger partial charge in [-0.25, -0.2) is 9.18 Å². The first kappa shape index (κ1) is 33.9. The molecule has 2 aromatic carbocycles. The number of nitrogens with zero attached hydrogens (tertiary/aromatic N) is 3. The van der Waals surface area contributed by atoms with E-state index in [-0.39, 0.29) is 29.3 Å². The van der Waals surface area contributed by atoms with Crippen LogP contribution >= 0.6 is 0 Å². The van der Waals surface area contributed by atoms with E-state index in [0.29, 0.717) is 38.3 Å². The zero-order valence-corrected chi connectivity index (χ0v) is 26.3. The summed E-state index contributed by atoms with van der Waals surface area (Å²) in [6, 6.07) is 14.7. The van der Waals surface area contributed by atoms with Gasteiger partial charge in [0.2, 0.25) is 0 Å². The van der Waals surface area contributed by atoms with Crippen LogP contribution in [0.1, 0.15) is 72.9 Å². The molecule has 1 aliphatic rings. The number of carbonyl (C=O) groups is 1. The number of methoxy groups -OCH3 is 1. The van der Waals surface area contributed by atoms with Gasteiger partial charge in [-0.15, -0.1) is 0 Å². The average molecular weight is 570 g/mol. The Morgan fingerprint density at radius 3 is 2.39 bits per heavy atom. The quantitative estimate of drug-likeness (QED) is 0.313. The molecule has 2 atom stereocenters. The summed E-state index contributed by atoms with van der Waals surface area (Å²) in [4.78, 5) is 16.6. The number of hydrogen-bond acceptors (Lipinski definition) is 6. The first-order valence-electron chi connectivity index (χ1n) is 14.5. The van der Waals surface area contributed by atoms with Gasteiger partial charge in [0.05, 0.1) is 38.0 Å². The van der Waals surface area contributed by atoms with Crippen molar-refractivity contribution < 1.29 is 23.4 Å². The number of hydrogen-bond donors (Lipinski definition) is 0. The van der Waals surface area contributed by atoms with E-state index in [2.05, 4.69) is 31.7 Å². The van der Waals surface area contributed by atoms with Gasteiger partial charge >= 0.3 is 6.09 Å². The predicted molar refractivity (Wildman–Crippen MR) is 162 cm³/mol. The lowest BCUT2D eigenvalue weighted by Gasteiger charge is -2.41. The van der Waals surface area contributed by atoms with Crippen LogP contribution in [0.15, 0.2) is 42.5 Å². The summed E-state index contributed by atoms with van der Waals surface area (Å²) in [5, 5.41) is 9.24. The smallest absolute Gasteiger partial charge is 0.410 e. The molecular weight excluding hydrogens is 521 g/mol. The molecule has 1 aliphatic heterocycles. The molecular formula is C33H48FN3O4. The van der Waals surface area contributed by atoms with E-state index in [1.165, 1.54) is 13.2 Å². The van der Waals surface area contributed by atoms with Crippen LogP contribution in [0, 0.1) is 28.5 Å². The predicted octanol–water partition coefficient (Wildman–Crippen LogP) is 7.43. The van der Waals surface area contributed by atoms with Crippen molar-refractivity contribution in [3.05, 3.63) is 59.4 Å². The molecule has 0 radical (unpaired) electrons. The summed E-state index contributed by atoms with van der Waals surface area (Å²) >= 11 is 0. The maximum absolute atomic E-state index is 14.5. The summed E-state index contributed by atoms with van der Waals surface area (Å²) in [6.07, 6.45) is 0.394. The lowest BCUT2D eigenvalue weighted by Crippen LogP contribution is -2.48. The summed E-state index contributed by atoms with van der Waals surface area (Å²) in [5.41, 5.74) is 1.67. The first-order chi connectivity index (χ1) is 19.3. The minimum Gasteiger partial charge on any atom is -0.494 e. The van der Waals surface area contributed by atoms with E-state index >= 15 is 0 Å². The fourth-order valence-electron chi connectivity index (χ4n) is 4.73. The first-order valence-corrected chi connectivity index (χ1v) is 14.5. The Morgan fingerprint density at radius 2 is 1.83 bits per heavy atom. The second kappa shape index (κ2) is 15.1. The van der Waals surface area contributed by atoms with Gasteiger partial charge in [0.15, 0.2) is 11.6 Å². The second-order valence-corrected chi connectivity index (χ2v) is 12.0. The molecule has 0 spiro atoms. The van der Waals surface area contributed by atoms with Crippen molar-refractivity contribution in [1.82, 2.24) is 4.90 Å². The molecule has 8 heteroatoms. The minimum absolute atomic E-state index is 0.0837. The molecule has 1 heterocycles. The molecule has 1 amide bonds. The van der Waals surface area contributed by atoms with Crippen LogP contribution in [0.5, 0.6) is 5.75 Å². The van der Waals surface area contributed by atoms with E-state index in [0.717, 1.165) is 17.7 Å². The van der Waals surface area contributed by atoms with Gasteiger partial charge in [0.25, 0.3) is 0 Å². The standard InChI is InChI=1S/C31H42FN3O4.C2H6/c1-22(16-26-20-34(14-15-38-26)29(36)39-30(2,3)4)31(5,6)21-35(25-11-8-23(18-33)9-12-25)19-24-10-13-28(37-7)27(32)17-24;1-2/h8-13,17,22,26H,14-16,19-21H2,1-7H3;1-2H3. The highest BCUT2D eigenvalue weighted by molar-refractivity contribution is 5.68. The molecule has 0 N–H and O–H groups in total. The van der Waals surface area contributed by atoms with E-state index < -0.39 is 11.4 Å². The lowest BCUT2D eigenvalue weighted by molar-refractivity contribution is -0.0540. The number of morpholine rings is 1. The highest BCUT2D eigenvalue weighted by Gasteiger charge is 2.34. The minimum atomic E-state index is -0.540. The van der Waals surface area contributed by atoms with Crippen molar-refractivity contribution >= 4 is 11.8 Å². The van der Waals surface area contributed by atoms with E-state index in [9.17, 15) is 14.4 Å². The van der Waals surface area contributed by atoms with Gasteiger partial charge in [0.1, 0.15) is 5.60 Å². The molecule has 2 aromatic rings. The van der Waals surface area contributed by atoms with Gasteiger partial charge in [-0.05, 0) is 80.5 Å². The van der Waals surface area contributed by atoms with Crippen LogP contribution in [0.4, 0.5) is 14.9 Å². The number of rotatable bonds is 9. The summed E-state index contributed by atoms with van der Waals surface area (Å²) in [5.74, 6) is 0.0616. The topological polar surface area (TPSA) is 75.0 Å². The van der Waals surface area contributed by atoms with Gasteiger partial charge in [-0.2, -0.15) is 5.26 Å². The van der Waals surface area contributed by atoms with Crippen molar-refractivity contribution in [2.24, 2.45) is 11.3 Å². The molecule has 0 saturated carbocycles. The molecule has 0 bridgehead atoms. The molecule has 2 unspecified atom stereocenters. The number of amides is 1. The van der Waals surface area contributed by atoms with Crippen molar-refractivity contribution in [3.63, 3.8) is 0 Å². The molecule has 0 aliphatic carbocycles. The molecule has 7 nitrogen and oxygen atoms in total. The second-order valence-electron chi connectivity index (χ2n) is 12.0. The number of carbonyl (C=O) groups excluding carboxylic acids is 1. The van der Waals surface area contributed by atoms with E-state index in [1.807, 2.05) is 52.8 Å². The van der Waals surface area contributed by atoms with Crippen LogP contribution in [0.3, 0.4) is 0 Å². The number of ether oxygens (including phenoxy) is 3. The molecule has 226 valence electrons. The average Bonchev–Trinajstić information content (AvgIpc) is 2.93. The largest absolute Gasteiger partial charge is 0.494 e. The van der Waals surface area contributed by atoms with E-state index in [4.69, 9.17) is 14.2 Å². The van der Waals surface area contributed by atoms with Gasteiger partial charge < -0.3 is 24.0 Å². The third-order valence-electron chi connectivity index (χ3n) is 7.29. The number of anilines is 1. The van der Waals surface area contributed by atoms with Crippen molar-refractivity contribution in [3.8, 4) is 11.8 Å². The summed E-state index contributed by atoms with van der Waals surface area (Å²) in [6.45, 7) is 18.9. The summed E-state index contributed by atoms with van der Waals surface area (Å²) < 4.78 is 31.2. The highest BCUT2D eigenvalue weighted by atomic mass is 19.1. The maximum Gasteiger partial charge on any atom is 0.410 e. The van der Waals surface area contributed by atoms with Crippen LogP contribution in [0.25, 0.3) is 0 Å². The van der Waals surface area contributed by atoms with E-state index in [1.54, 1.807) is 23.1 Å². The fraction of sp³-hybridized carbons (Fsp3) is 0.576. The maximum atomic E-state index is 14.5. The zero-order chi connectivity index (χ0) is 30.8. The zero-order valence-electron chi connectivity index (χ0n) is 26.3. The number of nitriles is 1. The normalized spacial score (nSPS) is 16.1. The molecule has 1 fully saturated rings. The van der Waals surface area contributed by atoms with Crippen LogP contribution in [0.2, 0.25) is 0 Å². The van der Waals surface area contributed by atoms with Crippen molar-refractivity contribution in [2.75, 3.05) is 38.3 Å². The number of halogens is 1. The Kier molecular flexibility index (Phi) is 12.5. The Morgan fingerprint density at radius 1 is 1.17 bits per heavy atom. The molecule has 0 aromatic heterocycles. The Balaban J connectivity index is 0.00000287. The summed E-state index contributed by atoms with van der Waals surface area (Å²) in [7, 11) is 1.45. The highest BCUT2D eigenvalue weighted by Crippen LogP contribution is 2.35. The molecule has 41 heavy (non-hydrogen) atoms. The van der Waals surface area contributed by atoms with Gasteiger partial charge in [0, 0.05) is 25.3 Å². The Bertz CT molecular complexity index is 1150. The third-order valence-corrected chi connectivity index (χ3v) is 7.29. The van der Waals surface area contributed by atoms with Crippen LogP contribution < -0.4 is 9.64 Å². The lowest BCUT2D eigenvalue weighted by atomic mass is 9.76. The molecule has 3 rings (SSSR count). The van der Waals surface area contributed by atoms with Crippen LogP contribution in [-0.2, 0) is 16.0 Å². The van der Waals surface area contributed by atoms with Crippen LogP contribution in [-0.4, -0.2) is 56.0 Å². The van der Waals surface area contributed by atoms with Gasteiger partial charge in [-0.1, -0.05) is 40.7 Å². The Hall–Kier alpha value is -3.31. The Labute approximate surface area is 246 Å². The monoisotopic (exact) mass is 569 g/mol. The van der Waals surface area contributed by atoms with Crippen molar-refractivity contribution in [1.29, 1.82) is 5.26 Å². The van der Waals surface area contributed by atoms with Gasteiger partial charge in [-0.3, -0.25) is 0 Å². The van der Waals surface area contributed by atoms with Crippen molar-refractivity contribution in [2.45, 2.75) is 80.1 Å².